The average Bonchev–Trinajstić information content (AvgIpc) is 2.67. The topological polar surface area (TPSA) is 0 Å². The van der Waals surface area contributed by atoms with Gasteiger partial charge in [-0.15, -0.1) is 20.3 Å². The van der Waals surface area contributed by atoms with E-state index in [0.717, 1.165) is 6.42 Å². The number of hydrogen-bond donors (Lipinski definition) is 0. The Hall–Kier alpha value is -0.157. The van der Waals surface area contributed by atoms with E-state index in [1.165, 1.54) is 16.7 Å². The molecular weight excluding hydrogens is 259 g/mol. The Balaban J connectivity index is 0. The van der Waals surface area contributed by atoms with Crippen molar-refractivity contribution in [3.05, 3.63) is 47.1 Å². The summed E-state index contributed by atoms with van der Waals surface area (Å²) in [4.78, 5) is 0. The predicted octanol–water partition coefficient (Wildman–Crippen LogP) is 4.42. The zero-order valence-corrected chi connectivity index (χ0v) is 12.9. The van der Waals surface area contributed by atoms with Gasteiger partial charge in [-0.1, -0.05) is 20.8 Å². The third kappa shape index (κ3) is 8.81. The van der Waals surface area contributed by atoms with Gasteiger partial charge in [-0.3, -0.25) is 12.2 Å². The molecule has 0 saturated carbocycles. The first-order valence-corrected chi connectivity index (χ1v) is 5.00. The van der Waals surface area contributed by atoms with Crippen molar-refractivity contribution in [2.24, 2.45) is 0 Å². The van der Waals surface area contributed by atoms with Crippen LogP contribution in [0.3, 0.4) is 0 Å². The fraction of sp³-hybridized carbons (Fsp3) is 0.429. The zero-order chi connectivity index (χ0) is 11.0. The fourth-order valence-corrected chi connectivity index (χ4v) is 0.928. The summed E-state index contributed by atoms with van der Waals surface area (Å²) in [6.07, 6.45) is 13.5. The Morgan fingerprint density at radius 3 is 2.20 bits per heavy atom. The summed E-state index contributed by atoms with van der Waals surface area (Å²) in [7, 11) is 0. The molecule has 0 amide bonds. The smallest absolute Gasteiger partial charge is 0.275 e. The first-order valence-electron chi connectivity index (χ1n) is 5.00. The third-order valence-corrected chi connectivity index (χ3v) is 2.27. The molecule has 1 aliphatic rings. The molecule has 0 aromatic heterocycles. The molecule has 0 atom stereocenters. The van der Waals surface area contributed by atoms with Crippen LogP contribution in [0.4, 0.5) is 0 Å². The summed E-state index contributed by atoms with van der Waals surface area (Å²) in [6.45, 7) is 10.2. The second-order valence-electron chi connectivity index (χ2n) is 3.31. The van der Waals surface area contributed by atoms with Crippen molar-refractivity contribution in [2.75, 3.05) is 0 Å². The number of hydrogen-bond acceptors (Lipinski definition) is 0. The first-order chi connectivity index (χ1) is 6.61. The van der Waals surface area contributed by atoms with Crippen LogP contribution in [0.25, 0.3) is 0 Å². The molecule has 0 aliphatic heterocycles. The van der Waals surface area contributed by atoms with E-state index < -0.39 is 0 Å². The molecule has 0 spiro atoms. The molecule has 0 bridgehead atoms. The van der Waals surface area contributed by atoms with Crippen molar-refractivity contribution in [3.63, 3.8) is 0 Å². The van der Waals surface area contributed by atoms with Gasteiger partial charge in [0.15, 0.2) is 0 Å². The van der Waals surface area contributed by atoms with Crippen LogP contribution in [0.1, 0.15) is 41.0 Å². The van der Waals surface area contributed by atoms with Gasteiger partial charge in [0.1, 0.15) is 0 Å². The molecule has 0 radical (unpaired) electrons. The van der Waals surface area contributed by atoms with Gasteiger partial charge in [0, 0.05) is 0 Å². The Morgan fingerprint density at radius 2 is 2.07 bits per heavy atom. The summed E-state index contributed by atoms with van der Waals surface area (Å²) in [6, 6.07) is 0. The SMILES string of the molecule is CC1=[C-]CC=C1.C[C-]=C(C)C(C)=CC.[Zr+2]. The van der Waals surface area contributed by atoms with Crippen LogP contribution in [-0.4, -0.2) is 0 Å². The van der Waals surface area contributed by atoms with Gasteiger partial charge in [-0.05, 0) is 0 Å². The number of rotatable bonds is 1. The van der Waals surface area contributed by atoms with Gasteiger partial charge in [0.25, 0.3) is 0 Å². The van der Waals surface area contributed by atoms with Crippen molar-refractivity contribution in [3.8, 4) is 0 Å². The van der Waals surface area contributed by atoms with Crippen LogP contribution in [0.2, 0.25) is 0 Å². The molecule has 0 saturated heterocycles. The van der Waals surface area contributed by atoms with E-state index in [9.17, 15) is 0 Å². The van der Waals surface area contributed by atoms with Crippen LogP contribution >= 0.6 is 0 Å². The molecule has 0 fully saturated rings. The van der Waals surface area contributed by atoms with E-state index in [1.54, 1.807) is 0 Å². The quantitative estimate of drug-likeness (QED) is 0.492. The van der Waals surface area contributed by atoms with Crippen LogP contribution in [-0.2, 0) is 26.2 Å². The van der Waals surface area contributed by atoms with E-state index >= 15 is 0 Å². The standard InChI is InChI=1S/C8H13.C6H7.Zr/c1-5-7(3)8(4)6-2;1-6-4-2-3-5-6;/h5H,1-4H3;2,4H,3H2,1H3;/q2*-1;+2. The Kier molecular flexibility index (Phi) is 11.9. The van der Waals surface area contributed by atoms with Gasteiger partial charge in [0.2, 0.25) is 0 Å². The van der Waals surface area contributed by atoms with Crippen molar-refractivity contribution >= 4 is 0 Å². The van der Waals surface area contributed by atoms with Gasteiger partial charge in [-0.2, -0.15) is 12.2 Å². The Morgan fingerprint density at radius 1 is 1.47 bits per heavy atom. The predicted molar refractivity (Wildman–Crippen MR) is 63.7 cm³/mol. The minimum atomic E-state index is 0. The van der Waals surface area contributed by atoms with Crippen molar-refractivity contribution in [1.82, 2.24) is 0 Å². The molecular formula is C14H20Zr. The maximum absolute atomic E-state index is 3.12. The van der Waals surface area contributed by atoms with Crippen LogP contribution < -0.4 is 0 Å². The maximum Gasteiger partial charge on any atom is 2.00 e. The molecule has 1 rings (SSSR count). The van der Waals surface area contributed by atoms with E-state index in [0.29, 0.717) is 0 Å². The third-order valence-electron chi connectivity index (χ3n) is 2.27. The summed E-state index contributed by atoms with van der Waals surface area (Å²) >= 11 is 0. The van der Waals surface area contributed by atoms with Gasteiger partial charge >= 0.3 is 26.2 Å². The second kappa shape index (κ2) is 10.4. The van der Waals surface area contributed by atoms with Crippen molar-refractivity contribution < 1.29 is 26.2 Å². The molecule has 0 unspecified atom stereocenters. The van der Waals surface area contributed by atoms with Crippen molar-refractivity contribution in [2.45, 2.75) is 41.0 Å². The average molecular weight is 280 g/mol. The minimum Gasteiger partial charge on any atom is -0.275 e. The molecule has 0 N–H and O–H groups in total. The van der Waals surface area contributed by atoms with Crippen LogP contribution in [0.15, 0.2) is 34.9 Å². The van der Waals surface area contributed by atoms with E-state index in [4.69, 9.17) is 0 Å². The van der Waals surface area contributed by atoms with Gasteiger partial charge < -0.3 is 0 Å². The van der Waals surface area contributed by atoms with E-state index in [-0.39, 0.29) is 26.2 Å². The second-order valence-corrected chi connectivity index (χ2v) is 3.31. The van der Waals surface area contributed by atoms with Crippen molar-refractivity contribution in [1.29, 1.82) is 0 Å². The fourth-order valence-electron chi connectivity index (χ4n) is 0.928. The monoisotopic (exact) mass is 278 g/mol. The zero-order valence-electron chi connectivity index (χ0n) is 10.4. The molecule has 0 nitrogen and oxygen atoms in total. The first kappa shape index (κ1) is 17.2. The Bertz CT molecular complexity index is 259. The summed E-state index contributed by atoms with van der Waals surface area (Å²) in [5.74, 6) is 0. The molecule has 1 aliphatic carbocycles. The van der Waals surface area contributed by atoms with Gasteiger partial charge in [-0.25, -0.2) is 22.8 Å². The van der Waals surface area contributed by atoms with Crippen LogP contribution in [0.5, 0.6) is 0 Å². The Labute approximate surface area is 114 Å². The van der Waals surface area contributed by atoms with Gasteiger partial charge in [0.05, 0.1) is 0 Å². The summed E-state index contributed by atoms with van der Waals surface area (Å²) < 4.78 is 0. The minimum absolute atomic E-state index is 0. The van der Waals surface area contributed by atoms with E-state index in [1.807, 2.05) is 13.8 Å². The van der Waals surface area contributed by atoms with Crippen LogP contribution in [0, 0.1) is 12.2 Å². The molecule has 1 heteroatoms. The maximum atomic E-state index is 3.12. The molecule has 80 valence electrons. The molecule has 0 heterocycles. The molecule has 0 aromatic carbocycles. The largest absolute Gasteiger partial charge is 2.00 e. The molecule has 0 aromatic rings. The summed E-state index contributed by atoms with van der Waals surface area (Å²) in [5.41, 5.74) is 3.83. The summed E-state index contributed by atoms with van der Waals surface area (Å²) in [5, 5.41) is 0. The normalized spacial score (nSPS) is 15.1. The van der Waals surface area contributed by atoms with E-state index in [2.05, 4.69) is 51.2 Å². The molecule has 15 heavy (non-hydrogen) atoms. The number of allylic oxidation sites excluding steroid dienone is 8.